The molecule has 0 aliphatic carbocycles. The minimum absolute atomic E-state index is 0.102. The van der Waals surface area contributed by atoms with E-state index in [0.717, 1.165) is 13.0 Å². The molecule has 0 bridgehead atoms. The molecule has 0 amide bonds. The van der Waals surface area contributed by atoms with Crippen LogP contribution in [-0.4, -0.2) is 12.1 Å². The smallest absolute Gasteiger partial charge is 0.0916 e. The first kappa shape index (κ1) is 10.5. The van der Waals surface area contributed by atoms with Crippen LogP contribution in [-0.2, 0) is 0 Å². The predicted molar refractivity (Wildman–Crippen MR) is 60.4 cm³/mol. The lowest BCUT2D eigenvalue weighted by Crippen LogP contribution is -2.33. The zero-order valence-electron chi connectivity index (χ0n) is 8.55. The van der Waals surface area contributed by atoms with E-state index in [1.165, 1.54) is 10.6 Å². The van der Waals surface area contributed by atoms with E-state index in [9.17, 15) is 0 Å². The highest BCUT2D eigenvalue weighted by atomic mass is 32.1. The summed E-state index contributed by atoms with van der Waals surface area (Å²) in [5, 5.41) is 6.88. The maximum Gasteiger partial charge on any atom is 0.0916 e. The standard InChI is InChI=1S/C10H18N2S/c1-8-4-7-13-9(8)12-10(2,3)5-6-11/h4,7,12H,5-6,11H2,1-3H3. The molecule has 0 spiro atoms. The van der Waals surface area contributed by atoms with Gasteiger partial charge in [0.1, 0.15) is 0 Å². The molecule has 1 aromatic rings. The molecule has 1 aromatic heterocycles. The van der Waals surface area contributed by atoms with Crippen molar-refractivity contribution in [3.63, 3.8) is 0 Å². The molecule has 1 heterocycles. The van der Waals surface area contributed by atoms with Gasteiger partial charge in [0.05, 0.1) is 5.00 Å². The Morgan fingerprint density at radius 3 is 2.69 bits per heavy atom. The van der Waals surface area contributed by atoms with Crippen LogP contribution in [0.4, 0.5) is 5.00 Å². The number of anilines is 1. The molecule has 0 aliphatic heterocycles. The van der Waals surface area contributed by atoms with Crippen molar-refractivity contribution in [3.8, 4) is 0 Å². The van der Waals surface area contributed by atoms with Crippen molar-refractivity contribution >= 4 is 16.3 Å². The van der Waals surface area contributed by atoms with Gasteiger partial charge >= 0.3 is 0 Å². The second kappa shape index (κ2) is 4.11. The van der Waals surface area contributed by atoms with Crippen LogP contribution in [0.2, 0.25) is 0 Å². The fraction of sp³-hybridized carbons (Fsp3) is 0.600. The number of thiophene rings is 1. The molecule has 0 saturated heterocycles. The molecule has 0 atom stereocenters. The minimum Gasteiger partial charge on any atom is -0.372 e. The normalized spacial score (nSPS) is 11.7. The van der Waals surface area contributed by atoms with Crippen molar-refractivity contribution in [1.29, 1.82) is 0 Å². The molecular weight excluding hydrogens is 180 g/mol. The Morgan fingerprint density at radius 1 is 1.54 bits per heavy atom. The molecule has 3 N–H and O–H groups in total. The van der Waals surface area contributed by atoms with Crippen molar-refractivity contribution in [2.24, 2.45) is 5.73 Å². The zero-order valence-corrected chi connectivity index (χ0v) is 9.37. The van der Waals surface area contributed by atoms with E-state index in [1.54, 1.807) is 11.3 Å². The lowest BCUT2D eigenvalue weighted by Gasteiger charge is -2.26. The molecule has 3 heteroatoms. The van der Waals surface area contributed by atoms with Gasteiger partial charge < -0.3 is 11.1 Å². The maximum atomic E-state index is 5.55. The van der Waals surface area contributed by atoms with E-state index in [-0.39, 0.29) is 5.54 Å². The third-order valence-electron chi connectivity index (χ3n) is 2.08. The Bertz CT molecular complexity index is 266. The second-order valence-corrected chi connectivity index (χ2v) is 4.90. The first-order valence-electron chi connectivity index (χ1n) is 4.57. The summed E-state index contributed by atoms with van der Waals surface area (Å²) < 4.78 is 0. The molecule has 0 unspecified atom stereocenters. The van der Waals surface area contributed by atoms with E-state index in [1.807, 2.05) is 0 Å². The predicted octanol–water partition coefficient (Wildman–Crippen LogP) is 2.60. The van der Waals surface area contributed by atoms with Crippen LogP contribution in [0.1, 0.15) is 25.8 Å². The van der Waals surface area contributed by atoms with E-state index >= 15 is 0 Å². The monoisotopic (exact) mass is 198 g/mol. The largest absolute Gasteiger partial charge is 0.372 e. The third kappa shape index (κ3) is 3.01. The Hall–Kier alpha value is -0.540. The molecule has 0 saturated carbocycles. The topological polar surface area (TPSA) is 38.0 Å². The summed E-state index contributed by atoms with van der Waals surface area (Å²) in [6, 6.07) is 2.13. The quantitative estimate of drug-likeness (QED) is 0.780. The number of aryl methyl sites for hydroxylation is 1. The van der Waals surface area contributed by atoms with E-state index in [4.69, 9.17) is 5.73 Å². The summed E-state index contributed by atoms with van der Waals surface area (Å²) in [6.07, 6.45) is 0.990. The molecule has 1 rings (SSSR count). The Kier molecular flexibility index (Phi) is 3.33. The summed E-state index contributed by atoms with van der Waals surface area (Å²) in [6.45, 7) is 7.21. The highest BCUT2D eigenvalue weighted by molar-refractivity contribution is 7.14. The van der Waals surface area contributed by atoms with Crippen LogP contribution in [0.15, 0.2) is 11.4 Å². The third-order valence-corrected chi connectivity index (χ3v) is 3.02. The molecular formula is C10H18N2S. The molecule has 0 radical (unpaired) electrons. The van der Waals surface area contributed by atoms with Crippen LogP contribution in [0, 0.1) is 6.92 Å². The first-order valence-corrected chi connectivity index (χ1v) is 5.45. The maximum absolute atomic E-state index is 5.55. The first-order chi connectivity index (χ1) is 6.05. The lowest BCUT2D eigenvalue weighted by atomic mass is 10.0. The van der Waals surface area contributed by atoms with Crippen LogP contribution in [0.5, 0.6) is 0 Å². The van der Waals surface area contributed by atoms with Crippen LogP contribution < -0.4 is 11.1 Å². The summed E-state index contributed by atoms with van der Waals surface area (Å²) in [4.78, 5) is 0. The van der Waals surface area contributed by atoms with Gasteiger partial charge in [0.15, 0.2) is 0 Å². The summed E-state index contributed by atoms with van der Waals surface area (Å²) >= 11 is 1.75. The zero-order chi connectivity index (χ0) is 9.90. The Balaban J connectivity index is 2.63. The van der Waals surface area contributed by atoms with Gasteiger partial charge in [-0.15, -0.1) is 11.3 Å². The van der Waals surface area contributed by atoms with Crippen molar-refractivity contribution < 1.29 is 0 Å². The lowest BCUT2D eigenvalue weighted by molar-refractivity contribution is 0.527. The fourth-order valence-corrected chi connectivity index (χ4v) is 2.23. The minimum atomic E-state index is 0.102. The van der Waals surface area contributed by atoms with Gasteiger partial charge in [-0.05, 0) is 50.7 Å². The molecule has 13 heavy (non-hydrogen) atoms. The van der Waals surface area contributed by atoms with Gasteiger partial charge in [-0.3, -0.25) is 0 Å². The van der Waals surface area contributed by atoms with Gasteiger partial charge in [0.25, 0.3) is 0 Å². The number of rotatable bonds is 4. The van der Waals surface area contributed by atoms with Crippen LogP contribution in [0.25, 0.3) is 0 Å². The second-order valence-electron chi connectivity index (χ2n) is 3.98. The molecule has 74 valence electrons. The van der Waals surface area contributed by atoms with E-state index in [2.05, 4.69) is 37.5 Å². The number of hydrogen-bond acceptors (Lipinski definition) is 3. The number of nitrogens with one attached hydrogen (secondary N) is 1. The molecule has 2 nitrogen and oxygen atoms in total. The van der Waals surface area contributed by atoms with Crippen molar-refractivity contribution in [2.45, 2.75) is 32.7 Å². The van der Waals surface area contributed by atoms with Gasteiger partial charge in [-0.2, -0.15) is 0 Å². The van der Waals surface area contributed by atoms with Gasteiger partial charge in [0.2, 0.25) is 0 Å². The summed E-state index contributed by atoms with van der Waals surface area (Å²) in [5.41, 5.74) is 6.96. The SMILES string of the molecule is Cc1ccsc1NC(C)(C)CCN. The molecule has 0 aliphatic rings. The fourth-order valence-electron chi connectivity index (χ4n) is 1.23. The van der Waals surface area contributed by atoms with Crippen LogP contribution in [0.3, 0.4) is 0 Å². The average Bonchev–Trinajstić information content (AvgIpc) is 2.35. The van der Waals surface area contributed by atoms with Gasteiger partial charge in [0, 0.05) is 5.54 Å². The van der Waals surface area contributed by atoms with Crippen molar-refractivity contribution in [2.75, 3.05) is 11.9 Å². The molecule has 0 aromatic carbocycles. The average molecular weight is 198 g/mol. The van der Waals surface area contributed by atoms with Crippen molar-refractivity contribution in [3.05, 3.63) is 17.0 Å². The summed E-state index contributed by atoms with van der Waals surface area (Å²) in [7, 11) is 0. The van der Waals surface area contributed by atoms with Gasteiger partial charge in [-0.1, -0.05) is 0 Å². The van der Waals surface area contributed by atoms with Gasteiger partial charge in [-0.25, -0.2) is 0 Å². The highest BCUT2D eigenvalue weighted by Crippen LogP contribution is 2.26. The van der Waals surface area contributed by atoms with E-state index < -0.39 is 0 Å². The van der Waals surface area contributed by atoms with Crippen molar-refractivity contribution in [1.82, 2.24) is 0 Å². The Morgan fingerprint density at radius 2 is 2.23 bits per heavy atom. The highest BCUT2D eigenvalue weighted by Gasteiger charge is 2.17. The van der Waals surface area contributed by atoms with Crippen LogP contribution >= 0.6 is 11.3 Å². The number of nitrogens with two attached hydrogens (primary N) is 1. The Labute approximate surface area is 84.2 Å². The summed E-state index contributed by atoms with van der Waals surface area (Å²) in [5.74, 6) is 0. The van der Waals surface area contributed by atoms with E-state index in [0.29, 0.717) is 0 Å². The number of hydrogen-bond donors (Lipinski definition) is 2. The molecule has 0 fully saturated rings.